The molecule has 0 fully saturated rings. The molecule has 0 saturated heterocycles. The lowest BCUT2D eigenvalue weighted by atomic mass is 10.2. The van der Waals surface area contributed by atoms with Crippen LogP contribution in [0.25, 0.3) is 0 Å². The summed E-state index contributed by atoms with van der Waals surface area (Å²) in [5.41, 5.74) is 2.40. The summed E-state index contributed by atoms with van der Waals surface area (Å²) in [6.45, 7) is 2.55. The second-order valence-electron chi connectivity index (χ2n) is 4.46. The molecule has 0 aliphatic rings. The van der Waals surface area contributed by atoms with Gasteiger partial charge in [0.15, 0.2) is 0 Å². The molecule has 2 rings (SSSR count). The Hall–Kier alpha value is -1.24. The van der Waals surface area contributed by atoms with Crippen molar-refractivity contribution in [3.8, 4) is 0 Å². The van der Waals surface area contributed by atoms with E-state index in [2.05, 4.69) is 10.0 Å². The molecule has 4 nitrogen and oxygen atoms in total. The zero-order valence-electron chi connectivity index (χ0n) is 11.1. The molecule has 1 aromatic carbocycles. The summed E-state index contributed by atoms with van der Waals surface area (Å²) in [7, 11) is -3.25. The van der Waals surface area contributed by atoms with Crippen molar-refractivity contribution in [3.63, 3.8) is 0 Å². The van der Waals surface area contributed by atoms with Crippen LogP contribution in [0.4, 0.5) is 11.4 Å². The van der Waals surface area contributed by atoms with Crippen LogP contribution >= 0.6 is 22.9 Å². The van der Waals surface area contributed by atoms with Gasteiger partial charge in [-0.3, -0.25) is 4.72 Å². The van der Waals surface area contributed by atoms with Gasteiger partial charge < -0.3 is 5.32 Å². The molecule has 0 bridgehead atoms. The van der Waals surface area contributed by atoms with Crippen LogP contribution in [-0.4, -0.2) is 14.7 Å². The van der Waals surface area contributed by atoms with E-state index in [-0.39, 0.29) is 0 Å². The maximum Gasteiger partial charge on any atom is 0.229 e. The SMILES string of the molecule is Cc1cc(NCc2ccc(Cl)s2)ccc1NS(C)(=O)=O. The van der Waals surface area contributed by atoms with Gasteiger partial charge in [-0.25, -0.2) is 8.42 Å². The van der Waals surface area contributed by atoms with Crippen molar-refractivity contribution in [2.45, 2.75) is 13.5 Å². The van der Waals surface area contributed by atoms with Crippen molar-refractivity contribution in [1.29, 1.82) is 0 Å². The molecular weight excluding hydrogens is 316 g/mol. The average Bonchev–Trinajstić information content (AvgIpc) is 2.74. The number of hydrogen-bond donors (Lipinski definition) is 2. The molecule has 7 heteroatoms. The van der Waals surface area contributed by atoms with E-state index in [0.717, 1.165) is 26.7 Å². The molecule has 0 spiro atoms. The summed E-state index contributed by atoms with van der Waals surface area (Å²) in [4.78, 5) is 1.14. The molecule has 20 heavy (non-hydrogen) atoms. The number of benzene rings is 1. The minimum absolute atomic E-state index is 0.595. The molecule has 1 aromatic heterocycles. The monoisotopic (exact) mass is 330 g/mol. The van der Waals surface area contributed by atoms with Gasteiger partial charge in [0, 0.05) is 17.1 Å². The number of rotatable bonds is 5. The van der Waals surface area contributed by atoms with Crippen LogP contribution in [0.3, 0.4) is 0 Å². The Morgan fingerprint density at radius 2 is 2.00 bits per heavy atom. The van der Waals surface area contributed by atoms with Crippen molar-refractivity contribution >= 4 is 44.3 Å². The molecule has 108 valence electrons. The van der Waals surface area contributed by atoms with Gasteiger partial charge in [-0.15, -0.1) is 11.3 Å². The van der Waals surface area contributed by atoms with Gasteiger partial charge in [0.25, 0.3) is 0 Å². The second kappa shape index (κ2) is 6.03. The summed E-state index contributed by atoms with van der Waals surface area (Å²) in [5.74, 6) is 0. The highest BCUT2D eigenvalue weighted by Gasteiger charge is 2.06. The van der Waals surface area contributed by atoms with Gasteiger partial charge in [-0.05, 0) is 42.8 Å². The van der Waals surface area contributed by atoms with E-state index in [1.54, 1.807) is 6.07 Å². The molecule has 0 amide bonds. The Bertz CT molecular complexity index is 711. The number of anilines is 2. The minimum atomic E-state index is -3.25. The highest BCUT2D eigenvalue weighted by molar-refractivity contribution is 7.92. The first-order valence-corrected chi connectivity index (χ1v) is 8.98. The highest BCUT2D eigenvalue weighted by Crippen LogP contribution is 2.24. The van der Waals surface area contributed by atoms with E-state index in [0.29, 0.717) is 12.2 Å². The third kappa shape index (κ3) is 4.40. The molecule has 0 unspecified atom stereocenters. The first-order valence-electron chi connectivity index (χ1n) is 5.90. The molecule has 0 radical (unpaired) electrons. The van der Waals surface area contributed by atoms with Gasteiger partial charge in [0.05, 0.1) is 16.3 Å². The van der Waals surface area contributed by atoms with Gasteiger partial charge in [0.1, 0.15) is 0 Å². The number of nitrogens with one attached hydrogen (secondary N) is 2. The van der Waals surface area contributed by atoms with Gasteiger partial charge >= 0.3 is 0 Å². The normalized spacial score (nSPS) is 11.3. The summed E-state index contributed by atoms with van der Waals surface area (Å²) in [6.07, 6.45) is 1.14. The first-order chi connectivity index (χ1) is 9.33. The maximum atomic E-state index is 11.2. The summed E-state index contributed by atoms with van der Waals surface area (Å²) in [5, 5.41) is 3.28. The molecule has 1 heterocycles. The molecule has 2 N–H and O–H groups in total. The lowest BCUT2D eigenvalue weighted by molar-refractivity contribution is 0.607. The van der Waals surface area contributed by atoms with Crippen molar-refractivity contribution in [1.82, 2.24) is 0 Å². The molecule has 0 saturated carbocycles. The lowest BCUT2D eigenvalue weighted by Gasteiger charge is -2.11. The summed E-state index contributed by atoms with van der Waals surface area (Å²) < 4.78 is 25.7. The number of thiophene rings is 1. The van der Waals surface area contributed by atoms with Crippen molar-refractivity contribution in [2.75, 3.05) is 16.3 Å². The molecule has 0 aliphatic carbocycles. The Morgan fingerprint density at radius 1 is 1.25 bits per heavy atom. The van der Waals surface area contributed by atoms with Gasteiger partial charge in [-0.2, -0.15) is 0 Å². The standard InChI is InChI=1S/C13H15ClN2O2S2/c1-9-7-10(3-5-12(9)16-20(2,17)18)15-8-11-4-6-13(14)19-11/h3-7,15-16H,8H2,1-2H3. The van der Waals surface area contributed by atoms with Gasteiger partial charge in [0.2, 0.25) is 10.0 Å². The Balaban J connectivity index is 2.05. The van der Waals surface area contributed by atoms with Crippen LogP contribution in [0, 0.1) is 6.92 Å². The van der Waals surface area contributed by atoms with Gasteiger partial charge in [-0.1, -0.05) is 11.6 Å². The van der Waals surface area contributed by atoms with Crippen LogP contribution < -0.4 is 10.0 Å². The number of halogens is 1. The van der Waals surface area contributed by atoms with Crippen LogP contribution in [0.1, 0.15) is 10.4 Å². The third-order valence-electron chi connectivity index (χ3n) is 2.62. The van der Waals surface area contributed by atoms with E-state index >= 15 is 0 Å². The van der Waals surface area contributed by atoms with Crippen LogP contribution in [-0.2, 0) is 16.6 Å². The number of aryl methyl sites for hydroxylation is 1. The fourth-order valence-electron chi connectivity index (χ4n) is 1.72. The van der Waals surface area contributed by atoms with Crippen molar-refractivity contribution in [2.24, 2.45) is 0 Å². The largest absolute Gasteiger partial charge is 0.380 e. The number of hydrogen-bond acceptors (Lipinski definition) is 4. The highest BCUT2D eigenvalue weighted by atomic mass is 35.5. The van der Waals surface area contributed by atoms with Crippen molar-refractivity contribution < 1.29 is 8.42 Å². The molecule has 2 aromatic rings. The van der Waals surface area contributed by atoms with E-state index in [9.17, 15) is 8.42 Å². The van der Waals surface area contributed by atoms with Crippen LogP contribution in [0.2, 0.25) is 4.34 Å². The van der Waals surface area contributed by atoms with E-state index in [4.69, 9.17) is 11.6 Å². The Labute approximate surface area is 127 Å². The molecule has 0 atom stereocenters. The first kappa shape index (κ1) is 15.2. The third-order valence-corrected chi connectivity index (χ3v) is 4.44. The quantitative estimate of drug-likeness (QED) is 0.879. The van der Waals surface area contributed by atoms with E-state index in [1.807, 2.05) is 31.2 Å². The second-order valence-corrected chi connectivity index (χ2v) is 8.01. The Kier molecular flexibility index (Phi) is 4.57. The predicted octanol–water partition coefficient (Wildman–Crippen LogP) is 3.69. The predicted molar refractivity (Wildman–Crippen MR) is 86.3 cm³/mol. The maximum absolute atomic E-state index is 11.2. The zero-order valence-corrected chi connectivity index (χ0v) is 13.5. The van der Waals surface area contributed by atoms with E-state index < -0.39 is 10.0 Å². The average molecular weight is 331 g/mol. The molecular formula is C13H15ClN2O2S2. The smallest absolute Gasteiger partial charge is 0.229 e. The minimum Gasteiger partial charge on any atom is -0.380 e. The zero-order chi connectivity index (χ0) is 14.8. The van der Waals surface area contributed by atoms with E-state index in [1.165, 1.54) is 11.3 Å². The summed E-state index contributed by atoms with van der Waals surface area (Å²) >= 11 is 7.41. The van der Waals surface area contributed by atoms with Crippen LogP contribution in [0.15, 0.2) is 30.3 Å². The topological polar surface area (TPSA) is 58.2 Å². The van der Waals surface area contributed by atoms with Crippen LogP contribution in [0.5, 0.6) is 0 Å². The summed E-state index contributed by atoms with van der Waals surface area (Å²) in [6, 6.07) is 9.35. The number of sulfonamides is 1. The fraction of sp³-hybridized carbons (Fsp3) is 0.231. The van der Waals surface area contributed by atoms with Crippen molar-refractivity contribution in [3.05, 3.63) is 45.1 Å². The fourth-order valence-corrected chi connectivity index (χ4v) is 3.38. The molecule has 0 aliphatic heterocycles. The Morgan fingerprint density at radius 3 is 2.55 bits per heavy atom. The lowest BCUT2D eigenvalue weighted by Crippen LogP contribution is -2.10.